The van der Waals surface area contributed by atoms with E-state index >= 15 is 0 Å². The van der Waals surface area contributed by atoms with Crippen molar-refractivity contribution >= 4 is 0 Å². The Morgan fingerprint density at radius 1 is 1.36 bits per heavy atom. The molecule has 0 bridgehead atoms. The molecule has 1 nitrogen and oxygen atoms in total. The van der Waals surface area contributed by atoms with Gasteiger partial charge in [-0.15, -0.1) is 0 Å². The van der Waals surface area contributed by atoms with Crippen LogP contribution in [-0.4, -0.2) is 18.0 Å². The average Bonchev–Trinajstić information content (AvgIpc) is 2.22. The first-order valence-electron chi connectivity index (χ1n) is 6.02. The van der Waals surface area contributed by atoms with Crippen LogP contribution in [-0.2, 0) is 0 Å². The van der Waals surface area contributed by atoms with Crippen LogP contribution in [0, 0.1) is 11.3 Å². The van der Waals surface area contributed by atoms with Gasteiger partial charge in [-0.1, -0.05) is 19.9 Å². The highest BCUT2D eigenvalue weighted by atomic mass is 15.1. The lowest BCUT2D eigenvalue weighted by molar-refractivity contribution is 0.0983. The van der Waals surface area contributed by atoms with Crippen molar-refractivity contribution in [2.24, 2.45) is 11.3 Å². The van der Waals surface area contributed by atoms with Gasteiger partial charge in [0.1, 0.15) is 0 Å². The van der Waals surface area contributed by atoms with E-state index in [1.165, 1.54) is 50.9 Å². The normalized spacial score (nSPS) is 31.0. The van der Waals surface area contributed by atoms with Crippen LogP contribution in [0.5, 0.6) is 0 Å². The Labute approximate surface area is 88.2 Å². The zero-order chi connectivity index (χ0) is 10.2. The van der Waals surface area contributed by atoms with Gasteiger partial charge in [0.25, 0.3) is 0 Å². The number of hydrogen-bond donors (Lipinski definition) is 0. The van der Waals surface area contributed by atoms with E-state index in [9.17, 15) is 0 Å². The molecule has 1 atom stereocenters. The fraction of sp³-hybridized carbons (Fsp3) is 0.846. The van der Waals surface area contributed by atoms with E-state index in [2.05, 4.69) is 25.3 Å². The predicted molar refractivity (Wildman–Crippen MR) is 61.1 cm³/mol. The van der Waals surface area contributed by atoms with Crippen LogP contribution >= 0.6 is 0 Å². The maximum absolute atomic E-state index is 4.07. The predicted octanol–water partition coefficient (Wildman–Crippen LogP) is 3.42. The molecule has 1 spiro atoms. The standard InChI is InChI=1S/C13H23N/c1-11(2)14-8-7-13(5-4-6-13)9-12(3)10-14/h12H,1,4-10H2,2-3H3/t12-/m0/s1. The zero-order valence-electron chi connectivity index (χ0n) is 9.68. The Balaban J connectivity index is 2.02. The smallest absolute Gasteiger partial charge is 0.0200 e. The van der Waals surface area contributed by atoms with Crippen molar-refractivity contribution < 1.29 is 0 Å². The van der Waals surface area contributed by atoms with Crippen molar-refractivity contribution in [3.8, 4) is 0 Å². The maximum atomic E-state index is 4.07. The minimum Gasteiger partial charge on any atom is -0.375 e. The largest absolute Gasteiger partial charge is 0.375 e. The third kappa shape index (κ3) is 1.82. The summed E-state index contributed by atoms with van der Waals surface area (Å²) in [4.78, 5) is 2.48. The first-order chi connectivity index (χ1) is 6.61. The fourth-order valence-corrected chi connectivity index (χ4v) is 3.22. The van der Waals surface area contributed by atoms with Crippen LogP contribution in [0.3, 0.4) is 0 Å². The molecule has 1 heterocycles. The van der Waals surface area contributed by atoms with Gasteiger partial charge in [-0.25, -0.2) is 0 Å². The summed E-state index contributed by atoms with van der Waals surface area (Å²) in [6.45, 7) is 11.1. The van der Waals surface area contributed by atoms with Crippen molar-refractivity contribution in [3.63, 3.8) is 0 Å². The number of likely N-dealkylation sites (tertiary alicyclic amines) is 1. The van der Waals surface area contributed by atoms with Crippen LogP contribution in [0.25, 0.3) is 0 Å². The second-order valence-electron chi connectivity index (χ2n) is 5.59. The summed E-state index contributed by atoms with van der Waals surface area (Å²) < 4.78 is 0. The van der Waals surface area contributed by atoms with Gasteiger partial charge < -0.3 is 4.90 Å². The molecule has 0 radical (unpaired) electrons. The van der Waals surface area contributed by atoms with Gasteiger partial charge in [-0.2, -0.15) is 0 Å². The molecule has 0 unspecified atom stereocenters. The SMILES string of the molecule is C=C(C)N1CCC2(CCC2)C[C@H](C)C1. The summed E-state index contributed by atoms with van der Waals surface area (Å²) in [6.07, 6.45) is 7.31. The number of nitrogens with zero attached hydrogens (tertiary/aromatic N) is 1. The molecule has 0 amide bonds. The molecule has 2 aliphatic rings. The Kier molecular flexibility index (Phi) is 2.59. The molecule has 80 valence electrons. The first kappa shape index (κ1) is 10.1. The lowest BCUT2D eigenvalue weighted by Gasteiger charge is -2.42. The highest BCUT2D eigenvalue weighted by Gasteiger charge is 2.39. The van der Waals surface area contributed by atoms with Crippen LogP contribution in [0.4, 0.5) is 0 Å². The lowest BCUT2D eigenvalue weighted by atomic mass is 9.63. The molecular formula is C13H23N. The van der Waals surface area contributed by atoms with Crippen LogP contribution in [0.2, 0.25) is 0 Å². The van der Waals surface area contributed by atoms with Gasteiger partial charge in [0.2, 0.25) is 0 Å². The van der Waals surface area contributed by atoms with Crippen molar-refractivity contribution in [1.82, 2.24) is 4.90 Å². The topological polar surface area (TPSA) is 3.24 Å². The summed E-state index contributed by atoms with van der Waals surface area (Å²) in [7, 11) is 0. The van der Waals surface area contributed by atoms with Crippen molar-refractivity contribution in [2.45, 2.75) is 46.0 Å². The van der Waals surface area contributed by atoms with Crippen molar-refractivity contribution in [2.75, 3.05) is 13.1 Å². The van der Waals surface area contributed by atoms with Crippen LogP contribution in [0.1, 0.15) is 46.0 Å². The van der Waals surface area contributed by atoms with Gasteiger partial charge in [0.05, 0.1) is 0 Å². The van der Waals surface area contributed by atoms with E-state index in [4.69, 9.17) is 0 Å². The van der Waals surface area contributed by atoms with Gasteiger partial charge in [0.15, 0.2) is 0 Å². The molecule has 2 rings (SSSR count). The minimum atomic E-state index is 0.740. The summed E-state index contributed by atoms with van der Waals surface area (Å²) in [5.74, 6) is 0.856. The molecule has 0 N–H and O–H groups in total. The van der Waals surface area contributed by atoms with E-state index in [0.29, 0.717) is 0 Å². The van der Waals surface area contributed by atoms with Gasteiger partial charge in [-0.3, -0.25) is 0 Å². The Hall–Kier alpha value is -0.460. The van der Waals surface area contributed by atoms with Crippen LogP contribution < -0.4 is 0 Å². The summed E-state index contributed by atoms with van der Waals surface area (Å²) in [6, 6.07) is 0. The number of hydrogen-bond acceptors (Lipinski definition) is 1. The fourth-order valence-electron chi connectivity index (χ4n) is 3.22. The van der Waals surface area contributed by atoms with Gasteiger partial charge in [-0.05, 0) is 43.9 Å². The highest BCUT2D eigenvalue weighted by molar-refractivity contribution is 4.97. The van der Waals surface area contributed by atoms with E-state index < -0.39 is 0 Å². The summed E-state index contributed by atoms with van der Waals surface area (Å²) in [5, 5.41) is 0. The monoisotopic (exact) mass is 193 g/mol. The third-order valence-corrected chi connectivity index (χ3v) is 4.18. The summed E-state index contributed by atoms with van der Waals surface area (Å²) >= 11 is 0. The molecule has 14 heavy (non-hydrogen) atoms. The van der Waals surface area contributed by atoms with E-state index in [-0.39, 0.29) is 0 Å². The van der Waals surface area contributed by atoms with E-state index in [0.717, 1.165) is 11.3 Å². The van der Waals surface area contributed by atoms with Gasteiger partial charge in [0, 0.05) is 18.8 Å². The second kappa shape index (κ2) is 3.60. The molecule has 1 aliphatic carbocycles. The van der Waals surface area contributed by atoms with Crippen molar-refractivity contribution in [1.29, 1.82) is 0 Å². The maximum Gasteiger partial charge on any atom is 0.0200 e. The molecular weight excluding hydrogens is 170 g/mol. The Morgan fingerprint density at radius 3 is 2.57 bits per heavy atom. The number of allylic oxidation sites excluding steroid dienone is 1. The van der Waals surface area contributed by atoms with E-state index in [1.54, 1.807) is 0 Å². The third-order valence-electron chi connectivity index (χ3n) is 4.18. The molecule has 1 heteroatoms. The molecule has 0 aromatic rings. The first-order valence-corrected chi connectivity index (χ1v) is 6.02. The quantitative estimate of drug-likeness (QED) is 0.617. The second-order valence-corrected chi connectivity index (χ2v) is 5.59. The Bertz CT molecular complexity index is 227. The number of rotatable bonds is 1. The van der Waals surface area contributed by atoms with Gasteiger partial charge >= 0.3 is 0 Å². The summed E-state index contributed by atoms with van der Waals surface area (Å²) in [5.41, 5.74) is 2.00. The van der Waals surface area contributed by atoms with Crippen LogP contribution in [0.15, 0.2) is 12.3 Å². The highest BCUT2D eigenvalue weighted by Crippen LogP contribution is 2.50. The molecule has 2 fully saturated rings. The molecule has 1 saturated carbocycles. The Morgan fingerprint density at radius 2 is 2.07 bits per heavy atom. The average molecular weight is 193 g/mol. The molecule has 0 aromatic carbocycles. The lowest BCUT2D eigenvalue weighted by Crippen LogP contribution is -2.31. The minimum absolute atomic E-state index is 0.740. The van der Waals surface area contributed by atoms with E-state index in [1.807, 2.05) is 0 Å². The van der Waals surface area contributed by atoms with Crippen molar-refractivity contribution in [3.05, 3.63) is 12.3 Å². The molecule has 0 aromatic heterocycles. The molecule has 1 saturated heterocycles. The molecule has 1 aliphatic heterocycles. The zero-order valence-corrected chi connectivity index (χ0v) is 9.68.